The number of anilines is 1. The normalized spacial score (nSPS) is 18.3. The molecule has 7 heteroatoms. The molecule has 1 heterocycles. The third-order valence-corrected chi connectivity index (χ3v) is 5.37. The third kappa shape index (κ3) is 4.45. The van der Waals surface area contributed by atoms with E-state index < -0.39 is 17.2 Å². The van der Waals surface area contributed by atoms with Crippen LogP contribution in [0.5, 0.6) is 0 Å². The maximum Gasteiger partial charge on any atom is 0.408 e. The number of nitrogens with zero attached hydrogens (tertiary/aromatic N) is 1. The van der Waals surface area contributed by atoms with Crippen LogP contribution in [-0.2, 0) is 19.9 Å². The van der Waals surface area contributed by atoms with Gasteiger partial charge < -0.3 is 15.0 Å². The molecular formula is C22H24N2O4S. The van der Waals surface area contributed by atoms with E-state index in [0.29, 0.717) is 11.3 Å². The number of nitrogens with one attached hydrogen (secondary N) is 1. The lowest BCUT2D eigenvalue weighted by Gasteiger charge is -2.30. The van der Waals surface area contributed by atoms with E-state index >= 15 is 0 Å². The number of ether oxygens (including phenoxy) is 1. The summed E-state index contributed by atoms with van der Waals surface area (Å²) in [4.78, 5) is 41.0. The molecule has 1 unspecified atom stereocenters. The number of amides is 2. The largest absolute Gasteiger partial charge is 0.444 e. The monoisotopic (exact) mass is 412 g/mol. The van der Waals surface area contributed by atoms with Crippen LogP contribution in [-0.4, -0.2) is 29.8 Å². The van der Waals surface area contributed by atoms with Crippen LogP contribution >= 0.6 is 11.8 Å². The molecule has 152 valence electrons. The van der Waals surface area contributed by atoms with Crippen LogP contribution in [0, 0.1) is 0 Å². The van der Waals surface area contributed by atoms with Crippen molar-refractivity contribution in [3.8, 4) is 0 Å². The lowest BCUT2D eigenvalue weighted by atomic mass is 9.88. The molecule has 2 aromatic carbocycles. The molecule has 1 N–H and O–H groups in total. The molecule has 0 fully saturated rings. The van der Waals surface area contributed by atoms with Crippen LogP contribution < -0.4 is 10.2 Å². The molecule has 0 spiro atoms. The molecule has 1 atom stereocenters. The number of carbonyl (C=O) groups is 3. The van der Waals surface area contributed by atoms with Crippen molar-refractivity contribution in [1.29, 1.82) is 0 Å². The Balaban J connectivity index is 1.95. The van der Waals surface area contributed by atoms with E-state index in [1.54, 1.807) is 46.0 Å². The van der Waals surface area contributed by atoms with Crippen LogP contribution in [0.1, 0.15) is 32.8 Å². The van der Waals surface area contributed by atoms with E-state index in [-0.39, 0.29) is 17.4 Å². The zero-order valence-electron chi connectivity index (χ0n) is 16.9. The van der Waals surface area contributed by atoms with Gasteiger partial charge in [0, 0.05) is 23.2 Å². The number of hydrogen-bond donors (Lipinski definition) is 1. The van der Waals surface area contributed by atoms with Crippen molar-refractivity contribution < 1.29 is 19.1 Å². The van der Waals surface area contributed by atoms with E-state index in [1.165, 1.54) is 4.90 Å². The summed E-state index contributed by atoms with van der Waals surface area (Å²) in [5, 5.41) is 2.48. The summed E-state index contributed by atoms with van der Waals surface area (Å²) in [6, 6.07) is 16.3. The minimum Gasteiger partial charge on any atom is -0.444 e. The van der Waals surface area contributed by atoms with E-state index in [2.05, 4.69) is 5.32 Å². The number of alkyl carbamates (subject to hydrolysis) is 1. The quantitative estimate of drug-likeness (QED) is 0.766. The Labute approximate surface area is 174 Å². The highest BCUT2D eigenvalue weighted by atomic mass is 32.2. The van der Waals surface area contributed by atoms with Crippen LogP contribution in [0.4, 0.5) is 10.5 Å². The van der Waals surface area contributed by atoms with Crippen molar-refractivity contribution in [3.05, 3.63) is 60.2 Å². The first kappa shape index (κ1) is 20.9. The van der Waals surface area contributed by atoms with Gasteiger partial charge in [-0.1, -0.05) is 48.2 Å². The molecule has 29 heavy (non-hydrogen) atoms. The van der Waals surface area contributed by atoms with Crippen molar-refractivity contribution >= 4 is 34.6 Å². The molecule has 0 saturated heterocycles. The second-order valence-corrected chi connectivity index (χ2v) is 9.01. The fraction of sp³-hybridized carbons (Fsp3) is 0.318. The van der Waals surface area contributed by atoms with Gasteiger partial charge in [0.2, 0.25) is 0 Å². The van der Waals surface area contributed by atoms with Crippen LogP contribution in [0.2, 0.25) is 0 Å². The average molecular weight is 413 g/mol. The standard InChI is InChI=1S/C22H24N2O4S/c1-21(2,3)28-20(27)23-22(14-18(25)29-15-10-6-5-7-11-15)16-12-8-9-13-17(16)24(4)19(22)26/h5-13H,14H2,1-4H3,(H,23,27). The molecule has 0 aromatic heterocycles. The van der Waals surface area contributed by atoms with E-state index in [0.717, 1.165) is 16.7 Å². The molecule has 2 aromatic rings. The summed E-state index contributed by atoms with van der Waals surface area (Å²) in [6.45, 7) is 5.23. The highest BCUT2D eigenvalue weighted by Crippen LogP contribution is 2.43. The van der Waals surface area contributed by atoms with Gasteiger partial charge in [-0.25, -0.2) is 4.79 Å². The molecule has 3 rings (SSSR count). The molecule has 0 aliphatic carbocycles. The zero-order valence-corrected chi connectivity index (χ0v) is 17.7. The number of carbonyl (C=O) groups excluding carboxylic acids is 3. The van der Waals surface area contributed by atoms with Gasteiger partial charge in [0.25, 0.3) is 5.91 Å². The third-order valence-electron chi connectivity index (χ3n) is 4.49. The van der Waals surface area contributed by atoms with E-state index in [9.17, 15) is 14.4 Å². The maximum absolute atomic E-state index is 13.3. The molecule has 0 saturated carbocycles. The van der Waals surface area contributed by atoms with Crippen LogP contribution in [0.15, 0.2) is 59.5 Å². The second-order valence-electron chi connectivity index (χ2n) is 7.88. The predicted molar refractivity (Wildman–Crippen MR) is 113 cm³/mol. The van der Waals surface area contributed by atoms with Gasteiger partial charge in [-0.3, -0.25) is 9.59 Å². The number of para-hydroxylation sites is 1. The minimum absolute atomic E-state index is 0.189. The number of hydrogen-bond acceptors (Lipinski definition) is 5. The fourth-order valence-electron chi connectivity index (χ4n) is 3.32. The van der Waals surface area contributed by atoms with Gasteiger partial charge in [0.15, 0.2) is 10.7 Å². The van der Waals surface area contributed by atoms with Crippen molar-refractivity contribution in [1.82, 2.24) is 5.32 Å². The predicted octanol–water partition coefficient (Wildman–Crippen LogP) is 4.09. The Hall–Kier alpha value is -2.80. The summed E-state index contributed by atoms with van der Waals surface area (Å²) in [6.07, 6.45) is -0.931. The number of thioether (sulfide) groups is 1. The lowest BCUT2D eigenvalue weighted by molar-refractivity contribution is -0.127. The first-order valence-corrected chi connectivity index (χ1v) is 10.1. The number of fused-ring (bicyclic) bond motifs is 1. The summed E-state index contributed by atoms with van der Waals surface area (Å²) < 4.78 is 5.38. The molecule has 1 aliphatic heterocycles. The summed E-state index contributed by atoms with van der Waals surface area (Å²) >= 11 is 1.05. The van der Waals surface area contributed by atoms with Gasteiger partial charge in [-0.15, -0.1) is 0 Å². The van der Waals surface area contributed by atoms with Crippen molar-refractivity contribution in [2.75, 3.05) is 11.9 Å². The Morgan fingerprint density at radius 1 is 1.07 bits per heavy atom. The number of benzene rings is 2. The van der Waals surface area contributed by atoms with Crippen molar-refractivity contribution in [2.45, 2.75) is 43.2 Å². The van der Waals surface area contributed by atoms with E-state index in [4.69, 9.17) is 4.74 Å². The summed E-state index contributed by atoms with van der Waals surface area (Å²) in [5.41, 5.74) is -1.00. The van der Waals surface area contributed by atoms with Gasteiger partial charge in [0.1, 0.15) is 5.60 Å². The second kappa shape index (κ2) is 7.91. The summed E-state index contributed by atoms with van der Waals surface area (Å²) in [7, 11) is 1.63. The van der Waals surface area contributed by atoms with Gasteiger partial charge in [0.05, 0.1) is 6.42 Å². The average Bonchev–Trinajstić information content (AvgIpc) is 2.83. The first-order valence-electron chi connectivity index (χ1n) is 9.27. The molecule has 2 amide bonds. The van der Waals surface area contributed by atoms with Crippen LogP contribution in [0.25, 0.3) is 0 Å². The van der Waals surface area contributed by atoms with Gasteiger partial charge in [-0.2, -0.15) is 0 Å². The minimum atomic E-state index is -1.51. The summed E-state index contributed by atoms with van der Waals surface area (Å²) in [5.74, 6) is -0.369. The molecule has 1 aliphatic rings. The SMILES string of the molecule is CN1C(=O)C(CC(=O)Sc2ccccc2)(NC(=O)OC(C)(C)C)c2ccccc21. The maximum atomic E-state index is 13.3. The topological polar surface area (TPSA) is 75.7 Å². The van der Waals surface area contributed by atoms with Crippen LogP contribution in [0.3, 0.4) is 0 Å². The smallest absolute Gasteiger partial charge is 0.408 e. The molecule has 6 nitrogen and oxygen atoms in total. The molecule has 0 radical (unpaired) electrons. The van der Waals surface area contributed by atoms with Gasteiger partial charge >= 0.3 is 6.09 Å². The fourth-order valence-corrected chi connectivity index (χ4v) is 4.17. The van der Waals surface area contributed by atoms with Gasteiger partial charge in [-0.05, 0) is 39.0 Å². The van der Waals surface area contributed by atoms with Crippen molar-refractivity contribution in [3.63, 3.8) is 0 Å². The lowest BCUT2D eigenvalue weighted by Crippen LogP contribution is -2.54. The Kier molecular flexibility index (Phi) is 5.71. The zero-order chi connectivity index (χ0) is 21.2. The molecule has 0 bridgehead atoms. The number of likely N-dealkylation sites (N-methyl/N-ethyl adjacent to an activating group) is 1. The van der Waals surface area contributed by atoms with E-state index in [1.807, 2.05) is 36.4 Å². The number of rotatable bonds is 4. The Morgan fingerprint density at radius 3 is 2.34 bits per heavy atom. The van der Waals surface area contributed by atoms with Crippen molar-refractivity contribution in [2.24, 2.45) is 0 Å². The highest BCUT2D eigenvalue weighted by molar-refractivity contribution is 8.13. The Morgan fingerprint density at radius 2 is 1.69 bits per heavy atom. The Bertz CT molecular complexity index is 939. The molecular weight excluding hydrogens is 388 g/mol. The highest BCUT2D eigenvalue weighted by Gasteiger charge is 2.52. The first-order chi connectivity index (χ1) is 13.6.